The Morgan fingerprint density at radius 1 is 1.35 bits per heavy atom. The first-order valence-corrected chi connectivity index (χ1v) is 8.22. The zero-order valence-electron chi connectivity index (χ0n) is 12.3. The van der Waals surface area contributed by atoms with E-state index in [0.717, 1.165) is 31.1 Å². The number of hydrogen-bond acceptors (Lipinski definition) is 4. The van der Waals surface area contributed by atoms with Crippen LogP contribution < -0.4 is 5.32 Å². The van der Waals surface area contributed by atoms with Gasteiger partial charge in [0.25, 0.3) is 0 Å². The summed E-state index contributed by atoms with van der Waals surface area (Å²) in [4.78, 5) is 26.6. The van der Waals surface area contributed by atoms with Gasteiger partial charge in [-0.1, -0.05) is 0 Å². The van der Waals surface area contributed by atoms with Crippen molar-refractivity contribution in [2.75, 3.05) is 44.2 Å². The van der Waals surface area contributed by atoms with E-state index in [4.69, 9.17) is 5.11 Å². The SMILES string of the molecule is CC(C)N(CCC(=O)O)C(=O)NCCN1CCSCC1. The molecular formula is C13H25N3O3S. The lowest BCUT2D eigenvalue weighted by molar-refractivity contribution is -0.137. The molecule has 0 spiro atoms. The summed E-state index contributed by atoms with van der Waals surface area (Å²) in [7, 11) is 0. The Morgan fingerprint density at radius 3 is 2.55 bits per heavy atom. The standard InChI is InChI=1S/C13H25N3O3S/c1-11(2)16(5-3-12(17)18)13(19)14-4-6-15-7-9-20-10-8-15/h11H,3-10H2,1-2H3,(H,14,19)(H,17,18). The summed E-state index contributed by atoms with van der Waals surface area (Å²) in [6.07, 6.45) is -0.0189. The molecule has 1 aliphatic rings. The van der Waals surface area contributed by atoms with Crippen molar-refractivity contribution in [1.29, 1.82) is 0 Å². The van der Waals surface area contributed by atoms with Crippen LogP contribution in [0.4, 0.5) is 4.79 Å². The van der Waals surface area contributed by atoms with Crippen molar-refractivity contribution in [3.05, 3.63) is 0 Å². The molecule has 6 nitrogen and oxygen atoms in total. The molecule has 1 aliphatic heterocycles. The van der Waals surface area contributed by atoms with E-state index in [1.165, 1.54) is 0 Å². The van der Waals surface area contributed by atoms with Gasteiger partial charge in [-0.3, -0.25) is 9.69 Å². The average molecular weight is 303 g/mol. The monoisotopic (exact) mass is 303 g/mol. The third-order valence-electron chi connectivity index (χ3n) is 3.26. The summed E-state index contributed by atoms with van der Waals surface area (Å²) in [5.74, 6) is 1.43. The molecule has 1 fully saturated rings. The molecule has 1 heterocycles. The fourth-order valence-corrected chi connectivity index (χ4v) is 3.04. The molecule has 116 valence electrons. The maximum absolute atomic E-state index is 12.0. The van der Waals surface area contributed by atoms with E-state index in [1.54, 1.807) is 4.90 Å². The lowest BCUT2D eigenvalue weighted by Crippen LogP contribution is -2.47. The molecule has 0 radical (unpaired) electrons. The van der Waals surface area contributed by atoms with Crippen molar-refractivity contribution in [2.45, 2.75) is 26.3 Å². The second-order valence-corrected chi connectivity index (χ2v) is 6.34. The zero-order chi connectivity index (χ0) is 15.0. The molecular weight excluding hydrogens is 278 g/mol. The van der Waals surface area contributed by atoms with Crippen molar-refractivity contribution in [2.24, 2.45) is 0 Å². The number of hydrogen-bond donors (Lipinski definition) is 2. The maximum atomic E-state index is 12.0. The van der Waals surface area contributed by atoms with Gasteiger partial charge >= 0.3 is 12.0 Å². The Bertz CT molecular complexity index is 320. The molecule has 0 unspecified atom stereocenters. The van der Waals surface area contributed by atoms with Gasteiger partial charge in [-0.2, -0.15) is 11.8 Å². The number of amides is 2. The van der Waals surface area contributed by atoms with E-state index in [-0.39, 0.29) is 25.0 Å². The quantitative estimate of drug-likeness (QED) is 0.732. The summed E-state index contributed by atoms with van der Waals surface area (Å²) in [5, 5.41) is 11.6. The van der Waals surface area contributed by atoms with E-state index >= 15 is 0 Å². The first kappa shape index (κ1) is 17.1. The van der Waals surface area contributed by atoms with Gasteiger partial charge in [0.05, 0.1) is 6.42 Å². The molecule has 0 saturated carbocycles. The lowest BCUT2D eigenvalue weighted by Gasteiger charge is -2.28. The van der Waals surface area contributed by atoms with Gasteiger partial charge in [-0.15, -0.1) is 0 Å². The molecule has 0 aromatic rings. The van der Waals surface area contributed by atoms with Crippen LogP contribution in [0.1, 0.15) is 20.3 Å². The van der Waals surface area contributed by atoms with Crippen LogP contribution in [0.25, 0.3) is 0 Å². The first-order chi connectivity index (χ1) is 9.50. The Balaban J connectivity index is 2.28. The fourth-order valence-electron chi connectivity index (χ4n) is 2.06. The van der Waals surface area contributed by atoms with Gasteiger partial charge in [0.2, 0.25) is 0 Å². The lowest BCUT2D eigenvalue weighted by atomic mass is 10.3. The molecule has 20 heavy (non-hydrogen) atoms. The molecule has 1 rings (SSSR count). The molecule has 2 N–H and O–H groups in total. The number of carboxylic acids is 1. The van der Waals surface area contributed by atoms with Crippen LogP contribution in [0.15, 0.2) is 0 Å². The summed E-state index contributed by atoms with van der Waals surface area (Å²) in [6, 6.07) is -0.173. The van der Waals surface area contributed by atoms with Crippen LogP contribution in [0.3, 0.4) is 0 Å². The molecule has 0 atom stereocenters. The number of nitrogens with one attached hydrogen (secondary N) is 1. The summed E-state index contributed by atoms with van der Waals surface area (Å²) < 4.78 is 0. The normalized spacial score (nSPS) is 16.1. The number of aliphatic carboxylic acids is 1. The van der Waals surface area contributed by atoms with Crippen LogP contribution in [-0.4, -0.2) is 77.2 Å². The van der Waals surface area contributed by atoms with Gasteiger partial charge in [-0.25, -0.2) is 4.79 Å². The Kier molecular flexibility index (Phi) is 7.76. The molecule has 1 saturated heterocycles. The minimum Gasteiger partial charge on any atom is -0.481 e. The van der Waals surface area contributed by atoms with Gasteiger partial charge < -0.3 is 15.3 Å². The average Bonchev–Trinajstić information content (AvgIpc) is 2.39. The number of carbonyl (C=O) groups is 2. The first-order valence-electron chi connectivity index (χ1n) is 7.07. The second-order valence-electron chi connectivity index (χ2n) is 5.12. The Morgan fingerprint density at radius 2 is 2.00 bits per heavy atom. The summed E-state index contributed by atoms with van der Waals surface area (Å²) in [5.41, 5.74) is 0. The van der Waals surface area contributed by atoms with Crippen LogP contribution >= 0.6 is 11.8 Å². The van der Waals surface area contributed by atoms with Crippen LogP contribution in [-0.2, 0) is 4.79 Å². The molecule has 2 amide bonds. The highest BCUT2D eigenvalue weighted by molar-refractivity contribution is 7.99. The van der Waals surface area contributed by atoms with E-state index < -0.39 is 5.97 Å². The molecule has 7 heteroatoms. The highest BCUT2D eigenvalue weighted by atomic mass is 32.2. The summed E-state index contributed by atoms with van der Waals surface area (Å²) in [6.45, 7) is 7.66. The topological polar surface area (TPSA) is 72.9 Å². The molecule has 0 aliphatic carbocycles. The molecule has 0 bridgehead atoms. The summed E-state index contributed by atoms with van der Waals surface area (Å²) >= 11 is 1.96. The smallest absolute Gasteiger partial charge is 0.317 e. The Hall–Kier alpha value is -0.950. The predicted molar refractivity (Wildman–Crippen MR) is 81.3 cm³/mol. The number of carbonyl (C=O) groups excluding carboxylic acids is 1. The minimum atomic E-state index is -0.880. The van der Waals surface area contributed by atoms with E-state index in [9.17, 15) is 9.59 Å². The molecule has 0 aromatic carbocycles. The number of rotatable bonds is 7. The van der Waals surface area contributed by atoms with Crippen LogP contribution in [0, 0.1) is 0 Å². The number of thioether (sulfide) groups is 1. The minimum absolute atomic E-state index is 0.000682. The number of nitrogens with zero attached hydrogens (tertiary/aromatic N) is 2. The van der Waals surface area contributed by atoms with Gasteiger partial charge in [0, 0.05) is 50.3 Å². The maximum Gasteiger partial charge on any atom is 0.317 e. The van der Waals surface area contributed by atoms with Gasteiger partial charge in [-0.05, 0) is 13.8 Å². The third-order valence-corrected chi connectivity index (χ3v) is 4.20. The van der Waals surface area contributed by atoms with E-state index in [0.29, 0.717) is 6.54 Å². The van der Waals surface area contributed by atoms with Crippen molar-refractivity contribution in [1.82, 2.24) is 15.1 Å². The van der Waals surface area contributed by atoms with Crippen molar-refractivity contribution in [3.63, 3.8) is 0 Å². The largest absolute Gasteiger partial charge is 0.481 e. The van der Waals surface area contributed by atoms with Crippen LogP contribution in [0.2, 0.25) is 0 Å². The highest BCUT2D eigenvalue weighted by Gasteiger charge is 2.18. The second kappa shape index (κ2) is 9.07. The van der Waals surface area contributed by atoms with E-state index in [1.807, 2.05) is 25.6 Å². The van der Waals surface area contributed by atoms with Gasteiger partial charge in [0.1, 0.15) is 0 Å². The highest BCUT2D eigenvalue weighted by Crippen LogP contribution is 2.08. The zero-order valence-corrected chi connectivity index (χ0v) is 13.1. The van der Waals surface area contributed by atoms with Crippen molar-refractivity contribution < 1.29 is 14.7 Å². The van der Waals surface area contributed by atoms with Gasteiger partial charge in [0.15, 0.2) is 0 Å². The van der Waals surface area contributed by atoms with E-state index in [2.05, 4.69) is 10.2 Å². The van der Waals surface area contributed by atoms with Crippen LogP contribution in [0.5, 0.6) is 0 Å². The predicted octanol–water partition coefficient (Wildman–Crippen LogP) is 0.930. The number of carboxylic acid groups (broad SMARTS) is 1. The molecule has 0 aromatic heterocycles. The third kappa shape index (κ3) is 6.47. The van der Waals surface area contributed by atoms with Crippen molar-refractivity contribution >= 4 is 23.8 Å². The fraction of sp³-hybridized carbons (Fsp3) is 0.846. The van der Waals surface area contributed by atoms with Crippen molar-refractivity contribution in [3.8, 4) is 0 Å². The number of urea groups is 1. The Labute approximate surface area is 124 Å².